The van der Waals surface area contributed by atoms with Gasteiger partial charge in [0, 0.05) is 16.0 Å². The minimum Gasteiger partial charge on any atom is -0.250 e. The van der Waals surface area contributed by atoms with Crippen LogP contribution in [0.25, 0.3) is 0 Å². The molecule has 0 saturated carbocycles. The highest BCUT2D eigenvalue weighted by Crippen LogP contribution is 2.22. The Hall–Kier alpha value is -0.810. The van der Waals surface area contributed by atoms with E-state index in [0.29, 0.717) is 0 Å². The third-order valence-electron chi connectivity index (χ3n) is 1.89. The maximum atomic E-state index is 12.4. The maximum Gasteiger partial charge on any atom is 0.0960 e. The Morgan fingerprint density at radius 3 is 2.77 bits per heavy atom. The number of hydrogen-bond acceptors (Lipinski definition) is 0. The van der Waals surface area contributed by atoms with E-state index in [1.54, 1.807) is 0 Å². The molecule has 0 aliphatic heterocycles. The van der Waals surface area contributed by atoms with Crippen LogP contribution in [0, 0.1) is 12.3 Å². The number of rotatable bonds is 2. The molecule has 0 spiro atoms. The number of benzene rings is 1. The van der Waals surface area contributed by atoms with Crippen molar-refractivity contribution in [1.82, 2.24) is 0 Å². The molecule has 1 unspecified atom stereocenters. The van der Waals surface area contributed by atoms with E-state index in [1.807, 2.05) is 25.1 Å². The smallest absolute Gasteiger partial charge is 0.0960 e. The lowest BCUT2D eigenvalue weighted by Gasteiger charge is -2.08. The molecule has 0 N–H and O–H groups in total. The molecule has 1 rings (SSSR count). The summed E-state index contributed by atoms with van der Waals surface area (Å²) in [6.07, 6.45) is 5.26. The van der Waals surface area contributed by atoms with Gasteiger partial charge in [0.1, 0.15) is 0 Å². The monoisotopic (exact) mass is 240 g/mol. The minimum atomic E-state index is -0.361. The third kappa shape index (κ3) is 2.57. The van der Waals surface area contributed by atoms with Crippen molar-refractivity contribution in [2.75, 3.05) is 6.67 Å². The summed E-state index contributed by atoms with van der Waals surface area (Å²) in [6.45, 7) is 1.47. The molecule has 2 heteroatoms. The molecule has 0 heterocycles. The molecule has 0 nitrogen and oxygen atoms in total. The van der Waals surface area contributed by atoms with Crippen LogP contribution in [-0.4, -0.2) is 6.67 Å². The maximum absolute atomic E-state index is 12.4. The summed E-state index contributed by atoms with van der Waals surface area (Å²) in [5.41, 5.74) is 1.72. The fraction of sp³-hybridized carbons (Fsp3) is 0.273. The van der Waals surface area contributed by atoms with Crippen LogP contribution in [0.15, 0.2) is 22.7 Å². The first kappa shape index (κ1) is 10.3. The average Bonchev–Trinajstić information content (AvgIpc) is 2.15. The second-order valence-corrected chi connectivity index (χ2v) is 3.89. The van der Waals surface area contributed by atoms with Gasteiger partial charge in [-0.15, -0.1) is 6.42 Å². The van der Waals surface area contributed by atoms with Crippen molar-refractivity contribution in [2.45, 2.75) is 12.8 Å². The minimum absolute atomic E-state index is 0.0930. The van der Waals surface area contributed by atoms with Gasteiger partial charge in [-0.3, -0.25) is 4.39 Å². The first-order valence-corrected chi connectivity index (χ1v) is 4.79. The Morgan fingerprint density at radius 2 is 2.23 bits per heavy atom. The quantitative estimate of drug-likeness (QED) is 0.695. The van der Waals surface area contributed by atoms with Crippen LogP contribution in [-0.2, 0) is 0 Å². The van der Waals surface area contributed by atoms with Crippen LogP contribution < -0.4 is 0 Å². The van der Waals surface area contributed by atoms with E-state index in [2.05, 4.69) is 21.9 Å². The first-order chi connectivity index (χ1) is 6.17. The van der Waals surface area contributed by atoms with Crippen LogP contribution in [0.5, 0.6) is 0 Å². The summed E-state index contributed by atoms with van der Waals surface area (Å²) >= 11 is 3.33. The standard InChI is InChI=1S/C11H10BrF/c1-3-9-4-10(8(2)7-13)6-11(12)5-9/h1,4-6,8H,7H2,2H3. The van der Waals surface area contributed by atoms with E-state index in [4.69, 9.17) is 6.42 Å². The van der Waals surface area contributed by atoms with Gasteiger partial charge in [0.25, 0.3) is 0 Å². The summed E-state index contributed by atoms with van der Waals surface area (Å²) < 4.78 is 13.3. The predicted octanol–water partition coefficient (Wildman–Crippen LogP) is 3.50. The molecule has 68 valence electrons. The SMILES string of the molecule is C#Cc1cc(Br)cc(C(C)CF)c1. The van der Waals surface area contributed by atoms with Crippen LogP contribution in [0.2, 0.25) is 0 Å². The third-order valence-corrected chi connectivity index (χ3v) is 2.35. The molecule has 0 radical (unpaired) electrons. The zero-order chi connectivity index (χ0) is 9.84. The summed E-state index contributed by atoms with van der Waals surface area (Å²) in [6, 6.07) is 5.58. The molecule has 1 aromatic carbocycles. The second-order valence-electron chi connectivity index (χ2n) is 2.97. The highest BCUT2D eigenvalue weighted by Gasteiger charge is 2.06. The largest absolute Gasteiger partial charge is 0.250 e. The van der Waals surface area contributed by atoms with Gasteiger partial charge in [0.2, 0.25) is 0 Å². The number of halogens is 2. The van der Waals surface area contributed by atoms with Crippen molar-refractivity contribution in [3.8, 4) is 12.3 Å². The highest BCUT2D eigenvalue weighted by atomic mass is 79.9. The lowest BCUT2D eigenvalue weighted by molar-refractivity contribution is 0.447. The van der Waals surface area contributed by atoms with E-state index in [9.17, 15) is 4.39 Å². The van der Waals surface area contributed by atoms with Crippen molar-refractivity contribution in [2.24, 2.45) is 0 Å². The van der Waals surface area contributed by atoms with Crippen molar-refractivity contribution in [1.29, 1.82) is 0 Å². The Labute approximate surface area is 86.3 Å². The van der Waals surface area contributed by atoms with E-state index in [-0.39, 0.29) is 12.6 Å². The fourth-order valence-corrected chi connectivity index (χ4v) is 1.58. The van der Waals surface area contributed by atoms with Crippen LogP contribution in [0.4, 0.5) is 4.39 Å². The van der Waals surface area contributed by atoms with E-state index >= 15 is 0 Å². The Balaban J connectivity index is 3.10. The molecule has 0 fully saturated rings. The zero-order valence-electron chi connectivity index (χ0n) is 7.35. The van der Waals surface area contributed by atoms with E-state index in [0.717, 1.165) is 15.6 Å². The van der Waals surface area contributed by atoms with E-state index in [1.165, 1.54) is 0 Å². The zero-order valence-corrected chi connectivity index (χ0v) is 8.94. The normalized spacial score (nSPS) is 12.2. The van der Waals surface area contributed by atoms with Crippen LogP contribution in [0.3, 0.4) is 0 Å². The highest BCUT2D eigenvalue weighted by molar-refractivity contribution is 9.10. The van der Waals surface area contributed by atoms with Crippen molar-refractivity contribution in [3.63, 3.8) is 0 Å². The second kappa shape index (κ2) is 4.43. The van der Waals surface area contributed by atoms with Gasteiger partial charge in [0.15, 0.2) is 0 Å². The summed E-state index contributed by atoms with van der Waals surface area (Å²) in [7, 11) is 0. The van der Waals surface area contributed by atoms with Gasteiger partial charge in [-0.2, -0.15) is 0 Å². The molecule has 1 aromatic rings. The lowest BCUT2D eigenvalue weighted by Crippen LogP contribution is -1.95. The summed E-state index contributed by atoms with van der Waals surface area (Å²) in [5, 5.41) is 0. The summed E-state index contributed by atoms with van der Waals surface area (Å²) in [5.74, 6) is 2.44. The van der Waals surface area contributed by atoms with Crippen LogP contribution >= 0.6 is 15.9 Å². The van der Waals surface area contributed by atoms with E-state index < -0.39 is 0 Å². The van der Waals surface area contributed by atoms with Gasteiger partial charge in [0.05, 0.1) is 6.67 Å². The van der Waals surface area contributed by atoms with Crippen molar-refractivity contribution in [3.05, 3.63) is 33.8 Å². The molecule has 0 bridgehead atoms. The average molecular weight is 241 g/mol. The fourth-order valence-electron chi connectivity index (χ4n) is 1.07. The Kier molecular flexibility index (Phi) is 3.50. The first-order valence-electron chi connectivity index (χ1n) is 4.00. The van der Waals surface area contributed by atoms with Gasteiger partial charge >= 0.3 is 0 Å². The van der Waals surface area contributed by atoms with Gasteiger partial charge in [-0.1, -0.05) is 28.8 Å². The molecule has 13 heavy (non-hydrogen) atoms. The Morgan fingerprint density at radius 1 is 1.54 bits per heavy atom. The molecule has 0 amide bonds. The number of alkyl halides is 1. The topological polar surface area (TPSA) is 0 Å². The molecule has 0 aliphatic carbocycles. The van der Waals surface area contributed by atoms with Crippen molar-refractivity contribution >= 4 is 15.9 Å². The molecular weight excluding hydrogens is 231 g/mol. The molecule has 0 saturated heterocycles. The van der Waals surface area contributed by atoms with Gasteiger partial charge in [-0.25, -0.2) is 0 Å². The van der Waals surface area contributed by atoms with Crippen LogP contribution in [0.1, 0.15) is 24.0 Å². The summed E-state index contributed by atoms with van der Waals surface area (Å²) in [4.78, 5) is 0. The number of hydrogen-bond donors (Lipinski definition) is 0. The Bertz CT molecular complexity index is 338. The molecule has 1 atom stereocenters. The van der Waals surface area contributed by atoms with Crippen molar-refractivity contribution < 1.29 is 4.39 Å². The molecular formula is C11H10BrF. The van der Waals surface area contributed by atoms with Gasteiger partial charge in [-0.05, 0) is 23.8 Å². The molecule has 0 aromatic heterocycles. The molecule has 0 aliphatic rings. The predicted molar refractivity (Wildman–Crippen MR) is 56.5 cm³/mol. The lowest BCUT2D eigenvalue weighted by atomic mass is 10.0. The number of terminal acetylenes is 1. The van der Waals surface area contributed by atoms with Gasteiger partial charge < -0.3 is 0 Å².